The predicted molar refractivity (Wildman–Crippen MR) is 105 cm³/mol. The molecule has 0 unspecified atom stereocenters. The number of nitrogens with one attached hydrogen (secondary N) is 1. The van der Waals surface area contributed by atoms with Crippen molar-refractivity contribution in [3.05, 3.63) is 78.3 Å². The third-order valence-corrected chi connectivity index (χ3v) is 4.41. The number of hydrogen-bond donors (Lipinski definition) is 1. The number of nitrogens with zero attached hydrogens (tertiary/aromatic N) is 4. The van der Waals surface area contributed by atoms with Crippen LogP contribution in [0.25, 0.3) is 17.0 Å². The summed E-state index contributed by atoms with van der Waals surface area (Å²) in [5.74, 6) is 1.51. The average Bonchev–Trinajstić information content (AvgIpc) is 3.41. The standard InChI is InChI=1S/C21H19N5O2/c1-15-7-8-17(13-19(15)26-14-22-24-25-26)23-21(27)12-10-18-9-11-20(28-18)16-5-3-2-4-6-16/h2-9,11,13-14H,10,12H2,1H3,(H,23,27). The molecule has 0 aliphatic rings. The van der Waals surface area contributed by atoms with E-state index in [2.05, 4.69) is 20.8 Å². The summed E-state index contributed by atoms with van der Waals surface area (Å²) in [6.45, 7) is 1.96. The van der Waals surface area contributed by atoms with Crippen LogP contribution in [0, 0.1) is 6.92 Å². The summed E-state index contributed by atoms with van der Waals surface area (Å²) in [7, 11) is 0. The molecule has 4 aromatic rings. The van der Waals surface area contributed by atoms with Gasteiger partial charge >= 0.3 is 0 Å². The molecule has 7 nitrogen and oxygen atoms in total. The van der Waals surface area contributed by atoms with E-state index < -0.39 is 0 Å². The molecule has 28 heavy (non-hydrogen) atoms. The highest BCUT2D eigenvalue weighted by molar-refractivity contribution is 5.91. The lowest BCUT2D eigenvalue weighted by molar-refractivity contribution is -0.116. The maximum atomic E-state index is 12.3. The van der Waals surface area contributed by atoms with E-state index in [1.54, 1.807) is 4.68 Å². The number of tetrazole rings is 1. The highest BCUT2D eigenvalue weighted by Gasteiger charge is 2.10. The van der Waals surface area contributed by atoms with Gasteiger partial charge in [0.15, 0.2) is 0 Å². The van der Waals surface area contributed by atoms with Crippen molar-refractivity contribution in [3.8, 4) is 17.0 Å². The number of carbonyl (C=O) groups excluding carboxylic acids is 1. The molecule has 0 radical (unpaired) electrons. The van der Waals surface area contributed by atoms with Crippen LogP contribution < -0.4 is 5.32 Å². The number of rotatable bonds is 6. The largest absolute Gasteiger partial charge is 0.461 e. The number of hydrogen-bond acceptors (Lipinski definition) is 5. The van der Waals surface area contributed by atoms with Crippen LogP contribution in [-0.4, -0.2) is 26.1 Å². The highest BCUT2D eigenvalue weighted by Crippen LogP contribution is 2.23. The van der Waals surface area contributed by atoms with Gasteiger partial charge in [-0.3, -0.25) is 4.79 Å². The Balaban J connectivity index is 1.38. The zero-order valence-corrected chi connectivity index (χ0v) is 15.4. The molecule has 0 aliphatic heterocycles. The number of carbonyl (C=O) groups is 1. The molecule has 0 spiro atoms. The predicted octanol–water partition coefficient (Wildman–Crippen LogP) is 3.80. The van der Waals surface area contributed by atoms with E-state index in [1.807, 2.05) is 67.6 Å². The summed E-state index contributed by atoms with van der Waals surface area (Å²) in [5, 5.41) is 14.1. The van der Waals surface area contributed by atoms with E-state index in [0.29, 0.717) is 18.5 Å². The van der Waals surface area contributed by atoms with Crippen LogP contribution >= 0.6 is 0 Å². The fraction of sp³-hybridized carbons (Fsp3) is 0.143. The smallest absolute Gasteiger partial charge is 0.224 e. The van der Waals surface area contributed by atoms with Gasteiger partial charge in [0.1, 0.15) is 17.8 Å². The van der Waals surface area contributed by atoms with Gasteiger partial charge in [0, 0.05) is 24.1 Å². The molecule has 2 heterocycles. The van der Waals surface area contributed by atoms with Crippen molar-refractivity contribution in [2.45, 2.75) is 19.8 Å². The monoisotopic (exact) mass is 373 g/mol. The minimum atomic E-state index is -0.0795. The number of benzene rings is 2. The minimum Gasteiger partial charge on any atom is -0.461 e. The molecule has 140 valence electrons. The van der Waals surface area contributed by atoms with Gasteiger partial charge in [-0.1, -0.05) is 36.4 Å². The second kappa shape index (κ2) is 7.87. The first kappa shape index (κ1) is 17.7. The lowest BCUT2D eigenvalue weighted by atomic mass is 10.1. The topological polar surface area (TPSA) is 85.8 Å². The molecule has 0 atom stereocenters. The van der Waals surface area contributed by atoms with Crippen molar-refractivity contribution in [2.75, 3.05) is 5.32 Å². The van der Waals surface area contributed by atoms with Crippen LogP contribution in [-0.2, 0) is 11.2 Å². The molecule has 1 N–H and O–H groups in total. The molecular formula is C21H19N5O2. The van der Waals surface area contributed by atoms with Gasteiger partial charge in [-0.05, 0) is 47.2 Å². The second-order valence-electron chi connectivity index (χ2n) is 6.44. The molecule has 2 aromatic carbocycles. The van der Waals surface area contributed by atoms with Crippen LogP contribution in [0.2, 0.25) is 0 Å². The van der Waals surface area contributed by atoms with E-state index in [0.717, 1.165) is 28.3 Å². The second-order valence-corrected chi connectivity index (χ2v) is 6.44. The van der Waals surface area contributed by atoms with Crippen molar-refractivity contribution in [2.24, 2.45) is 0 Å². The molecule has 0 fully saturated rings. The van der Waals surface area contributed by atoms with E-state index in [4.69, 9.17) is 4.42 Å². The van der Waals surface area contributed by atoms with Crippen molar-refractivity contribution < 1.29 is 9.21 Å². The SMILES string of the molecule is Cc1ccc(NC(=O)CCc2ccc(-c3ccccc3)o2)cc1-n1cnnn1. The summed E-state index contributed by atoms with van der Waals surface area (Å²) >= 11 is 0. The third kappa shape index (κ3) is 3.98. The maximum Gasteiger partial charge on any atom is 0.224 e. The van der Waals surface area contributed by atoms with Crippen LogP contribution in [0.1, 0.15) is 17.7 Å². The molecule has 4 rings (SSSR count). The number of aryl methyl sites for hydroxylation is 2. The number of aromatic nitrogens is 4. The van der Waals surface area contributed by atoms with Crippen molar-refractivity contribution >= 4 is 11.6 Å². The lowest BCUT2D eigenvalue weighted by Crippen LogP contribution is -2.12. The first-order valence-corrected chi connectivity index (χ1v) is 8.97. The fourth-order valence-electron chi connectivity index (χ4n) is 2.94. The number of amides is 1. The first-order chi connectivity index (χ1) is 13.7. The van der Waals surface area contributed by atoms with Crippen molar-refractivity contribution in [3.63, 3.8) is 0 Å². The Labute approximate surface area is 162 Å². The minimum absolute atomic E-state index is 0.0795. The molecular weight excluding hydrogens is 354 g/mol. The van der Waals surface area contributed by atoms with Crippen LogP contribution in [0.4, 0.5) is 5.69 Å². The van der Waals surface area contributed by atoms with Gasteiger partial charge in [-0.25, -0.2) is 4.68 Å². The summed E-state index contributed by atoms with van der Waals surface area (Å²) in [6.07, 6.45) is 2.38. The third-order valence-electron chi connectivity index (χ3n) is 4.41. The molecule has 2 aromatic heterocycles. The van der Waals surface area contributed by atoms with Crippen LogP contribution in [0.15, 0.2) is 71.4 Å². The zero-order valence-electron chi connectivity index (χ0n) is 15.4. The Hall–Kier alpha value is -3.74. The molecule has 7 heteroatoms. The Bertz CT molecular complexity index is 1070. The lowest BCUT2D eigenvalue weighted by Gasteiger charge is -2.09. The summed E-state index contributed by atoms with van der Waals surface area (Å²) in [4.78, 5) is 12.3. The van der Waals surface area contributed by atoms with Gasteiger partial charge in [0.2, 0.25) is 5.91 Å². The summed E-state index contributed by atoms with van der Waals surface area (Å²) in [5.41, 5.74) is 3.55. The first-order valence-electron chi connectivity index (χ1n) is 8.97. The van der Waals surface area contributed by atoms with Gasteiger partial charge in [0.25, 0.3) is 0 Å². The fourth-order valence-corrected chi connectivity index (χ4v) is 2.94. The van der Waals surface area contributed by atoms with E-state index in [9.17, 15) is 4.79 Å². The molecule has 1 amide bonds. The van der Waals surface area contributed by atoms with Gasteiger partial charge < -0.3 is 9.73 Å². The zero-order chi connectivity index (χ0) is 19.3. The summed E-state index contributed by atoms with van der Waals surface area (Å²) in [6, 6.07) is 19.4. The Morgan fingerprint density at radius 1 is 1.11 bits per heavy atom. The number of anilines is 1. The maximum absolute atomic E-state index is 12.3. The molecule has 0 saturated carbocycles. The van der Waals surface area contributed by atoms with E-state index in [-0.39, 0.29) is 5.91 Å². The Kier molecular flexibility index (Phi) is 4.97. The molecule has 0 aliphatic carbocycles. The highest BCUT2D eigenvalue weighted by atomic mass is 16.3. The van der Waals surface area contributed by atoms with Gasteiger partial charge in [-0.15, -0.1) is 5.10 Å². The van der Waals surface area contributed by atoms with Crippen molar-refractivity contribution in [1.29, 1.82) is 0 Å². The van der Waals surface area contributed by atoms with Crippen LogP contribution in [0.3, 0.4) is 0 Å². The number of furan rings is 1. The van der Waals surface area contributed by atoms with E-state index >= 15 is 0 Å². The van der Waals surface area contributed by atoms with Crippen LogP contribution in [0.5, 0.6) is 0 Å². The Morgan fingerprint density at radius 2 is 1.96 bits per heavy atom. The van der Waals surface area contributed by atoms with E-state index in [1.165, 1.54) is 6.33 Å². The van der Waals surface area contributed by atoms with Gasteiger partial charge in [0.05, 0.1) is 5.69 Å². The molecule has 0 bridgehead atoms. The molecule has 0 saturated heterocycles. The van der Waals surface area contributed by atoms with Gasteiger partial charge in [-0.2, -0.15) is 0 Å². The normalized spacial score (nSPS) is 10.8. The quantitative estimate of drug-likeness (QED) is 0.555. The Morgan fingerprint density at radius 3 is 2.75 bits per heavy atom. The van der Waals surface area contributed by atoms with Crippen molar-refractivity contribution in [1.82, 2.24) is 20.2 Å². The summed E-state index contributed by atoms with van der Waals surface area (Å²) < 4.78 is 7.42. The average molecular weight is 373 g/mol.